The summed E-state index contributed by atoms with van der Waals surface area (Å²) in [5, 5.41) is 6.60. The molecular formula is C16H17BrN2O. The minimum absolute atomic E-state index is 0.793. The van der Waals surface area contributed by atoms with Crippen molar-refractivity contribution in [2.45, 2.75) is 19.3 Å². The van der Waals surface area contributed by atoms with Crippen molar-refractivity contribution in [1.29, 1.82) is 0 Å². The van der Waals surface area contributed by atoms with E-state index in [1.165, 1.54) is 19.3 Å². The van der Waals surface area contributed by atoms with Crippen LogP contribution >= 0.6 is 15.9 Å². The zero-order chi connectivity index (χ0) is 13.8. The Morgan fingerprint density at radius 3 is 2.65 bits per heavy atom. The molecule has 1 aromatic heterocycles. The number of benzene rings is 1. The first-order valence-electron chi connectivity index (χ1n) is 6.96. The molecule has 20 heavy (non-hydrogen) atoms. The molecule has 3 rings (SSSR count). The first-order valence-corrected chi connectivity index (χ1v) is 7.76. The fraction of sp³-hybridized carbons (Fsp3) is 0.312. The Bertz CT molecular complexity index is 600. The van der Waals surface area contributed by atoms with Crippen LogP contribution in [0.3, 0.4) is 0 Å². The molecule has 1 aliphatic heterocycles. The topological polar surface area (TPSA) is 28.7 Å². The molecule has 0 amide bonds. The van der Waals surface area contributed by atoms with Crippen molar-refractivity contribution in [3.63, 3.8) is 0 Å². The second-order valence-electron chi connectivity index (χ2n) is 4.94. The molecule has 0 saturated carbocycles. The molecule has 0 aliphatic carbocycles. The van der Waals surface area contributed by atoms with E-state index in [1.807, 2.05) is 42.6 Å². The summed E-state index contributed by atoms with van der Waals surface area (Å²) < 4.78 is 6.87. The number of piperidine rings is 1. The monoisotopic (exact) mass is 332 g/mol. The first kappa shape index (κ1) is 13.4. The number of halogens is 1. The lowest BCUT2D eigenvalue weighted by atomic mass is 10.2. The van der Waals surface area contributed by atoms with Gasteiger partial charge in [0.05, 0.1) is 6.21 Å². The van der Waals surface area contributed by atoms with E-state index in [-0.39, 0.29) is 0 Å². The minimum atomic E-state index is 0.793. The van der Waals surface area contributed by atoms with Gasteiger partial charge in [0, 0.05) is 23.1 Å². The van der Waals surface area contributed by atoms with E-state index >= 15 is 0 Å². The van der Waals surface area contributed by atoms with Crippen molar-refractivity contribution >= 4 is 22.1 Å². The van der Waals surface area contributed by atoms with Crippen LogP contribution in [0.15, 0.2) is 50.4 Å². The molecule has 4 heteroatoms. The van der Waals surface area contributed by atoms with Crippen molar-refractivity contribution in [2.24, 2.45) is 5.10 Å². The Balaban J connectivity index is 1.73. The third kappa shape index (κ3) is 3.12. The van der Waals surface area contributed by atoms with E-state index in [4.69, 9.17) is 4.42 Å². The molecular weight excluding hydrogens is 316 g/mol. The maximum atomic E-state index is 5.84. The Labute approximate surface area is 127 Å². The smallest absolute Gasteiger partial charge is 0.147 e. The van der Waals surface area contributed by atoms with E-state index < -0.39 is 0 Å². The summed E-state index contributed by atoms with van der Waals surface area (Å²) >= 11 is 3.54. The molecule has 2 aromatic rings. The van der Waals surface area contributed by atoms with E-state index in [9.17, 15) is 0 Å². The van der Waals surface area contributed by atoms with Crippen LogP contribution in [0.1, 0.15) is 25.0 Å². The van der Waals surface area contributed by atoms with E-state index in [0.29, 0.717) is 0 Å². The number of hydrogen-bond acceptors (Lipinski definition) is 3. The van der Waals surface area contributed by atoms with Crippen molar-refractivity contribution in [3.8, 4) is 11.3 Å². The highest BCUT2D eigenvalue weighted by Crippen LogP contribution is 2.29. The largest absolute Gasteiger partial charge is 0.455 e. The molecule has 0 atom stereocenters. The van der Waals surface area contributed by atoms with Crippen molar-refractivity contribution in [3.05, 3.63) is 46.6 Å². The van der Waals surface area contributed by atoms with Gasteiger partial charge in [-0.3, -0.25) is 5.01 Å². The molecule has 0 N–H and O–H groups in total. The van der Waals surface area contributed by atoms with Crippen LogP contribution in [0.5, 0.6) is 0 Å². The van der Waals surface area contributed by atoms with Crippen LogP contribution in [0.25, 0.3) is 11.3 Å². The Morgan fingerprint density at radius 1 is 1.05 bits per heavy atom. The summed E-state index contributed by atoms with van der Waals surface area (Å²) in [4.78, 5) is 0. The normalized spacial score (nSPS) is 15.9. The van der Waals surface area contributed by atoms with Crippen LogP contribution in [0, 0.1) is 0 Å². The Hall–Kier alpha value is -1.55. The second-order valence-corrected chi connectivity index (χ2v) is 5.80. The second kappa shape index (κ2) is 6.27. The van der Waals surface area contributed by atoms with Gasteiger partial charge in [0.1, 0.15) is 11.5 Å². The van der Waals surface area contributed by atoms with Gasteiger partial charge in [-0.1, -0.05) is 34.1 Å². The molecule has 104 valence electrons. The molecule has 1 aliphatic rings. The van der Waals surface area contributed by atoms with Gasteiger partial charge in [0.25, 0.3) is 0 Å². The third-order valence-electron chi connectivity index (χ3n) is 3.45. The zero-order valence-electron chi connectivity index (χ0n) is 11.3. The number of furan rings is 1. The highest BCUT2D eigenvalue weighted by molar-refractivity contribution is 9.10. The minimum Gasteiger partial charge on any atom is -0.455 e. The third-order valence-corrected chi connectivity index (χ3v) is 4.14. The quantitative estimate of drug-likeness (QED) is 0.772. The maximum absolute atomic E-state index is 5.84. The van der Waals surface area contributed by atoms with Gasteiger partial charge in [-0.05, 0) is 37.5 Å². The summed E-state index contributed by atoms with van der Waals surface area (Å²) in [6, 6.07) is 12.0. The van der Waals surface area contributed by atoms with Gasteiger partial charge >= 0.3 is 0 Å². The van der Waals surface area contributed by atoms with Gasteiger partial charge in [0.15, 0.2) is 0 Å². The Kier molecular flexibility index (Phi) is 4.21. The fourth-order valence-corrected chi connectivity index (χ4v) is 2.84. The molecule has 1 aromatic carbocycles. The van der Waals surface area contributed by atoms with E-state index in [0.717, 1.165) is 34.6 Å². The van der Waals surface area contributed by atoms with Gasteiger partial charge in [0.2, 0.25) is 0 Å². The molecule has 3 nitrogen and oxygen atoms in total. The molecule has 2 heterocycles. The highest BCUT2D eigenvalue weighted by atomic mass is 79.9. The number of hydrogen-bond donors (Lipinski definition) is 0. The number of hydrazone groups is 1. The lowest BCUT2D eigenvalue weighted by molar-refractivity contribution is 0.240. The summed E-state index contributed by atoms with van der Waals surface area (Å²) in [6.07, 6.45) is 5.60. The first-order chi connectivity index (χ1) is 9.83. The summed E-state index contributed by atoms with van der Waals surface area (Å²) in [7, 11) is 0. The molecule has 0 bridgehead atoms. The summed E-state index contributed by atoms with van der Waals surface area (Å²) in [5.41, 5.74) is 1.06. The van der Waals surface area contributed by atoms with Crippen molar-refractivity contribution in [2.75, 3.05) is 13.1 Å². The lowest BCUT2D eigenvalue weighted by Gasteiger charge is -2.22. The molecule has 1 saturated heterocycles. The molecule has 0 spiro atoms. The van der Waals surface area contributed by atoms with Crippen LogP contribution < -0.4 is 0 Å². The van der Waals surface area contributed by atoms with Crippen molar-refractivity contribution in [1.82, 2.24) is 5.01 Å². The average molecular weight is 333 g/mol. The van der Waals surface area contributed by atoms with Gasteiger partial charge in [-0.2, -0.15) is 5.10 Å². The van der Waals surface area contributed by atoms with Crippen LogP contribution in [0.4, 0.5) is 0 Å². The molecule has 0 unspecified atom stereocenters. The van der Waals surface area contributed by atoms with Crippen LogP contribution in [0.2, 0.25) is 0 Å². The number of rotatable bonds is 3. The van der Waals surface area contributed by atoms with Gasteiger partial charge < -0.3 is 4.42 Å². The summed E-state index contributed by atoms with van der Waals surface area (Å²) in [5.74, 6) is 1.65. The Morgan fingerprint density at radius 2 is 1.85 bits per heavy atom. The predicted octanol–water partition coefficient (Wildman–Crippen LogP) is 4.53. The molecule has 1 fully saturated rings. The SMILES string of the molecule is Brc1ccccc1-c1ccc(C=NN2CCCCC2)o1. The maximum Gasteiger partial charge on any atom is 0.147 e. The average Bonchev–Trinajstić information content (AvgIpc) is 2.95. The van der Waals surface area contributed by atoms with Crippen LogP contribution in [-0.2, 0) is 0 Å². The van der Waals surface area contributed by atoms with E-state index in [1.54, 1.807) is 0 Å². The van der Waals surface area contributed by atoms with Crippen LogP contribution in [-0.4, -0.2) is 24.3 Å². The van der Waals surface area contributed by atoms with Gasteiger partial charge in [-0.25, -0.2) is 0 Å². The zero-order valence-corrected chi connectivity index (χ0v) is 12.8. The molecule has 0 radical (unpaired) electrons. The standard InChI is InChI=1S/C16H17BrN2O/c17-15-7-3-2-6-14(15)16-9-8-13(20-16)12-18-19-10-4-1-5-11-19/h2-3,6-9,12H,1,4-5,10-11H2. The number of nitrogens with zero attached hydrogens (tertiary/aromatic N) is 2. The lowest BCUT2D eigenvalue weighted by Crippen LogP contribution is -2.24. The van der Waals surface area contributed by atoms with Gasteiger partial charge in [-0.15, -0.1) is 0 Å². The van der Waals surface area contributed by atoms with Crippen molar-refractivity contribution < 1.29 is 4.42 Å². The highest BCUT2D eigenvalue weighted by Gasteiger charge is 2.08. The predicted molar refractivity (Wildman–Crippen MR) is 84.9 cm³/mol. The fourth-order valence-electron chi connectivity index (χ4n) is 2.36. The van der Waals surface area contributed by atoms with E-state index in [2.05, 4.69) is 26.0 Å². The summed E-state index contributed by atoms with van der Waals surface area (Å²) in [6.45, 7) is 2.10.